The van der Waals surface area contributed by atoms with Crippen LogP contribution in [0.3, 0.4) is 0 Å². The molecule has 232 valence electrons. The molecule has 0 fully saturated rings. The van der Waals surface area contributed by atoms with Gasteiger partial charge in [-0.05, 0) is 58.1 Å². The summed E-state index contributed by atoms with van der Waals surface area (Å²) in [5, 5.41) is 2.31. The van der Waals surface area contributed by atoms with Crippen molar-refractivity contribution in [3.05, 3.63) is 150 Å². The second-order valence-electron chi connectivity index (χ2n) is 13.2. The van der Waals surface area contributed by atoms with Crippen molar-refractivity contribution < 1.29 is 0 Å². The van der Waals surface area contributed by atoms with E-state index >= 15 is 0 Å². The molecule has 3 aromatic heterocycles. The molecule has 0 unspecified atom stereocenters. The van der Waals surface area contributed by atoms with Crippen molar-refractivity contribution in [1.82, 2.24) is 24.5 Å². The molecular formula is C43H29N5S. The molecular weight excluding hydrogens is 619 g/mol. The van der Waals surface area contributed by atoms with E-state index in [0.29, 0.717) is 17.6 Å². The topological polar surface area (TPSA) is 56.5 Å². The highest BCUT2D eigenvalue weighted by atomic mass is 32.1. The van der Waals surface area contributed by atoms with Gasteiger partial charge in [-0.1, -0.05) is 117 Å². The maximum Gasteiger partial charge on any atom is 0.238 e. The fourth-order valence-corrected chi connectivity index (χ4v) is 8.44. The van der Waals surface area contributed by atoms with Gasteiger partial charge in [0.2, 0.25) is 5.95 Å². The lowest BCUT2D eigenvalue weighted by Gasteiger charge is -2.22. The van der Waals surface area contributed by atoms with Gasteiger partial charge in [-0.15, -0.1) is 11.3 Å². The van der Waals surface area contributed by atoms with E-state index in [-0.39, 0.29) is 5.41 Å². The standard InChI is InChI=1S/C43H29N5S/c1-43(2)33-20-21-35-39(49-25-44-35)38(33)31-19-17-29(24-34(31)43)28-18-22-37-32(23-28)30-15-9-10-16-36(30)48(37)42-46-40(26-11-5-3-6-12-26)45-41(47-42)27-13-7-4-8-14-27/h3-25H,1-2H3. The Bertz CT molecular complexity index is 2680. The Morgan fingerprint density at radius 3 is 1.96 bits per heavy atom. The van der Waals surface area contributed by atoms with E-state index in [1.165, 1.54) is 38.1 Å². The molecule has 0 aliphatic heterocycles. The predicted octanol–water partition coefficient (Wildman–Crippen LogP) is 10.9. The van der Waals surface area contributed by atoms with Crippen LogP contribution < -0.4 is 0 Å². The maximum atomic E-state index is 5.08. The second-order valence-corrected chi connectivity index (χ2v) is 14.0. The minimum atomic E-state index is -0.107. The smallest absolute Gasteiger partial charge is 0.238 e. The molecule has 49 heavy (non-hydrogen) atoms. The Balaban J connectivity index is 1.16. The van der Waals surface area contributed by atoms with Gasteiger partial charge in [0, 0.05) is 32.9 Å². The first-order chi connectivity index (χ1) is 24.0. The molecule has 0 saturated carbocycles. The summed E-state index contributed by atoms with van der Waals surface area (Å²) in [7, 11) is 0. The zero-order chi connectivity index (χ0) is 32.7. The molecule has 6 aromatic carbocycles. The molecule has 1 aliphatic carbocycles. The molecule has 0 bridgehead atoms. The van der Waals surface area contributed by atoms with Crippen molar-refractivity contribution in [2.24, 2.45) is 0 Å². The summed E-state index contributed by atoms with van der Waals surface area (Å²) in [5.74, 6) is 1.88. The van der Waals surface area contributed by atoms with Crippen molar-refractivity contribution in [1.29, 1.82) is 0 Å². The molecule has 3 heterocycles. The van der Waals surface area contributed by atoms with Crippen LogP contribution >= 0.6 is 11.3 Å². The highest BCUT2D eigenvalue weighted by Crippen LogP contribution is 2.52. The van der Waals surface area contributed by atoms with Gasteiger partial charge in [0.05, 0.1) is 26.8 Å². The van der Waals surface area contributed by atoms with Crippen LogP contribution in [0.5, 0.6) is 0 Å². The molecule has 10 rings (SSSR count). The van der Waals surface area contributed by atoms with Gasteiger partial charge >= 0.3 is 0 Å². The Morgan fingerprint density at radius 1 is 0.551 bits per heavy atom. The maximum absolute atomic E-state index is 5.08. The van der Waals surface area contributed by atoms with E-state index in [9.17, 15) is 0 Å². The molecule has 0 radical (unpaired) electrons. The lowest BCUT2D eigenvalue weighted by Crippen LogP contribution is -2.14. The lowest BCUT2D eigenvalue weighted by atomic mass is 9.81. The van der Waals surface area contributed by atoms with Gasteiger partial charge < -0.3 is 0 Å². The van der Waals surface area contributed by atoms with Crippen molar-refractivity contribution in [2.45, 2.75) is 19.3 Å². The third-order valence-corrected chi connectivity index (χ3v) is 10.9. The SMILES string of the molecule is CC1(C)c2cc(-c3ccc4c(c3)c3ccccc3n4-c3nc(-c4ccccc4)nc(-c4ccccc4)n3)ccc2-c2c1ccc1ncsc21. The molecule has 0 N–H and O–H groups in total. The van der Waals surface area contributed by atoms with Crippen LogP contribution in [-0.2, 0) is 5.41 Å². The third kappa shape index (κ3) is 4.24. The van der Waals surface area contributed by atoms with Crippen LogP contribution in [0.1, 0.15) is 25.0 Å². The fraction of sp³-hybridized carbons (Fsp3) is 0.0698. The quantitative estimate of drug-likeness (QED) is 0.191. The summed E-state index contributed by atoms with van der Waals surface area (Å²) in [5.41, 5.74) is 14.7. The van der Waals surface area contributed by atoms with Gasteiger partial charge in [0.15, 0.2) is 11.6 Å². The third-order valence-electron chi connectivity index (χ3n) is 10.0. The fourth-order valence-electron chi connectivity index (χ4n) is 7.59. The van der Waals surface area contributed by atoms with Crippen LogP contribution in [0.4, 0.5) is 0 Å². The van der Waals surface area contributed by atoms with Gasteiger partial charge in [0.1, 0.15) is 0 Å². The molecule has 0 spiro atoms. The number of benzene rings is 6. The van der Waals surface area contributed by atoms with E-state index in [1.807, 2.05) is 66.2 Å². The zero-order valence-corrected chi connectivity index (χ0v) is 27.7. The Hall–Kier alpha value is -5.98. The molecule has 0 atom stereocenters. The van der Waals surface area contributed by atoms with Crippen LogP contribution in [0.15, 0.2) is 139 Å². The highest BCUT2D eigenvalue weighted by molar-refractivity contribution is 7.17. The number of nitrogens with zero attached hydrogens (tertiary/aromatic N) is 5. The summed E-state index contributed by atoms with van der Waals surface area (Å²) in [6.07, 6.45) is 0. The van der Waals surface area contributed by atoms with Crippen molar-refractivity contribution in [3.8, 4) is 51.0 Å². The lowest BCUT2D eigenvalue weighted by molar-refractivity contribution is 0.661. The number of fused-ring (bicyclic) bond motifs is 8. The average Bonchev–Trinajstić information content (AvgIpc) is 3.83. The monoisotopic (exact) mass is 647 g/mol. The summed E-state index contributed by atoms with van der Waals surface area (Å²) in [4.78, 5) is 19.7. The Kier molecular flexibility index (Phi) is 6.02. The normalized spacial score (nSPS) is 13.3. The van der Waals surface area contributed by atoms with Crippen molar-refractivity contribution in [2.75, 3.05) is 0 Å². The minimum Gasteiger partial charge on any atom is -0.278 e. The first-order valence-electron chi connectivity index (χ1n) is 16.5. The zero-order valence-electron chi connectivity index (χ0n) is 26.9. The first-order valence-corrected chi connectivity index (χ1v) is 17.3. The number of thiazole rings is 1. The van der Waals surface area contributed by atoms with Gasteiger partial charge in [0.25, 0.3) is 0 Å². The van der Waals surface area contributed by atoms with Gasteiger partial charge in [-0.3, -0.25) is 4.57 Å². The van der Waals surface area contributed by atoms with E-state index in [0.717, 1.165) is 38.4 Å². The largest absolute Gasteiger partial charge is 0.278 e. The molecule has 1 aliphatic rings. The van der Waals surface area contributed by atoms with Crippen LogP contribution in [0.2, 0.25) is 0 Å². The molecule has 6 heteroatoms. The van der Waals surface area contributed by atoms with Crippen LogP contribution in [0.25, 0.3) is 83.0 Å². The predicted molar refractivity (Wildman–Crippen MR) is 201 cm³/mol. The molecule has 0 amide bonds. The van der Waals surface area contributed by atoms with Gasteiger partial charge in [-0.25, -0.2) is 9.97 Å². The summed E-state index contributed by atoms with van der Waals surface area (Å²) in [6.45, 7) is 4.68. The number of hydrogen-bond donors (Lipinski definition) is 0. The number of para-hydroxylation sites is 1. The second kappa shape index (κ2) is 10.5. The van der Waals surface area contributed by atoms with E-state index < -0.39 is 0 Å². The van der Waals surface area contributed by atoms with Crippen molar-refractivity contribution in [3.63, 3.8) is 0 Å². The average molecular weight is 648 g/mol. The Labute approximate surface area is 287 Å². The summed E-state index contributed by atoms with van der Waals surface area (Å²) in [6, 6.07) is 47.0. The number of aromatic nitrogens is 5. The summed E-state index contributed by atoms with van der Waals surface area (Å²) >= 11 is 1.73. The number of hydrogen-bond acceptors (Lipinski definition) is 5. The van der Waals surface area contributed by atoms with Crippen molar-refractivity contribution >= 4 is 43.4 Å². The minimum absolute atomic E-state index is 0.107. The van der Waals surface area contributed by atoms with Crippen LogP contribution in [0, 0.1) is 0 Å². The first kappa shape index (κ1) is 28.1. The van der Waals surface area contributed by atoms with Crippen LogP contribution in [-0.4, -0.2) is 24.5 Å². The summed E-state index contributed by atoms with van der Waals surface area (Å²) < 4.78 is 3.45. The van der Waals surface area contributed by atoms with E-state index in [2.05, 4.69) is 96.2 Å². The highest BCUT2D eigenvalue weighted by Gasteiger charge is 2.37. The Morgan fingerprint density at radius 2 is 1.20 bits per heavy atom. The van der Waals surface area contributed by atoms with E-state index in [4.69, 9.17) is 15.0 Å². The molecule has 0 saturated heterocycles. The van der Waals surface area contributed by atoms with Gasteiger partial charge in [-0.2, -0.15) is 9.97 Å². The molecule has 9 aromatic rings. The number of rotatable bonds is 4. The van der Waals surface area contributed by atoms with E-state index in [1.54, 1.807) is 11.3 Å². The molecule has 5 nitrogen and oxygen atoms in total.